The number of carbonyl (C=O) groups is 6. The van der Waals surface area contributed by atoms with Gasteiger partial charge in [0.2, 0.25) is 17.7 Å². The molecule has 3 aromatic rings. The Morgan fingerprint density at radius 3 is 2.29 bits per heavy atom. The first-order valence-electron chi connectivity index (χ1n) is 12.6. The summed E-state index contributed by atoms with van der Waals surface area (Å²) in [7, 11) is 0. The number of aromatic amines is 2. The van der Waals surface area contributed by atoms with E-state index in [-0.39, 0.29) is 25.5 Å². The molecule has 4 atom stereocenters. The van der Waals surface area contributed by atoms with E-state index in [1.807, 2.05) is 24.3 Å². The Morgan fingerprint density at radius 2 is 1.63 bits per heavy atom. The molecular weight excluding hydrogens is 538 g/mol. The number of rotatable bonds is 16. The lowest BCUT2D eigenvalue weighted by Crippen LogP contribution is -2.57. The van der Waals surface area contributed by atoms with E-state index in [2.05, 4.69) is 30.9 Å². The van der Waals surface area contributed by atoms with E-state index in [4.69, 9.17) is 15.9 Å². The largest absolute Gasteiger partial charge is 0.481 e. The van der Waals surface area contributed by atoms with Crippen LogP contribution in [0.1, 0.15) is 30.5 Å². The number of aliphatic carboxylic acids is 2. The van der Waals surface area contributed by atoms with Crippen molar-refractivity contribution in [2.75, 3.05) is 0 Å². The van der Waals surface area contributed by atoms with E-state index in [1.165, 1.54) is 12.5 Å². The van der Waals surface area contributed by atoms with Crippen LogP contribution in [0.25, 0.3) is 10.9 Å². The smallest absolute Gasteiger partial charge is 0.305 e. The van der Waals surface area contributed by atoms with Gasteiger partial charge in [0.05, 0.1) is 24.8 Å². The molecule has 2 heterocycles. The minimum absolute atomic E-state index is 0.129. The second kappa shape index (κ2) is 14.4. The summed E-state index contributed by atoms with van der Waals surface area (Å²) in [5.41, 5.74) is 8.18. The molecule has 0 saturated heterocycles. The van der Waals surface area contributed by atoms with Crippen LogP contribution in [-0.4, -0.2) is 85.3 Å². The van der Waals surface area contributed by atoms with E-state index in [9.17, 15) is 28.8 Å². The van der Waals surface area contributed by atoms with E-state index in [0.29, 0.717) is 5.69 Å². The maximum atomic E-state index is 13.2. The SMILES string of the molecule is N[C@@H](Cc1c[nH]c2ccccc12)C(=O)N[C@@H](CCC(=O)O)C(=O)N[C@@H](Cc1cnc[nH]1)C(=O)N[C@H](C=O)CC(=O)O. The van der Waals surface area contributed by atoms with Crippen molar-refractivity contribution in [3.63, 3.8) is 0 Å². The average molecular weight is 570 g/mol. The highest BCUT2D eigenvalue weighted by atomic mass is 16.4. The van der Waals surface area contributed by atoms with Gasteiger partial charge in [-0.05, 0) is 24.5 Å². The molecule has 2 aromatic heterocycles. The summed E-state index contributed by atoms with van der Waals surface area (Å²) in [5.74, 6) is -4.99. The molecule has 0 saturated carbocycles. The summed E-state index contributed by atoms with van der Waals surface area (Å²) in [6, 6.07) is 2.29. The number of nitrogens with zero attached hydrogens (tertiary/aromatic N) is 1. The predicted molar refractivity (Wildman–Crippen MR) is 143 cm³/mol. The van der Waals surface area contributed by atoms with Crippen LogP contribution in [0, 0.1) is 0 Å². The summed E-state index contributed by atoms with van der Waals surface area (Å²) in [4.78, 5) is 82.4. The molecule has 41 heavy (non-hydrogen) atoms. The highest BCUT2D eigenvalue weighted by molar-refractivity contribution is 5.94. The van der Waals surface area contributed by atoms with Crippen molar-refractivity contribution < 1.29 is 39.0 Å². The number of nitrogens with one attached hydrogen (secondary N) is 5. The van der Waals surface area contributed by atoms with Crippen molar-refractivity contribution in [2.45, 2.75) is 56.3 Å². The standard InChI is InChI=1S/C26H31N7O8/c27-18(7-14-10-29-19-4-2-1-3-17(14)19)24(39)32-20(5-6-22(35)36)25(40)33-21(8-15-11-28-13-30-15)26(41)31-16(12-34)9-23(37)38/h1-4,10-13,16,18,20-21,29H,5-9,27H2,(H,28,30)(H,31,41)(H,32,39)(H,33,40)(H,35,36)(H,37,38)/t16-,18-,20-,21-/m0/s1. The number of hydrogen-bond donors (Lipinski definition) is 8. The number of amides is 3. The Hall–Kier alpha value is -5.05. The first-order chi connectivity index (χ1) is 19.6. The number of carboxylic acid groups (broad SMARTS) is 2. The van der Waals surface area contributed by atoms with Crippen molar-refractivity contribution in [3.05, 3.63) is 54.2 Å². The number of hydrogen-bond acceptors (Lipinski definition) is 8. The maximum Gasteiger partial charge on any atom is 0.305 e. The van der Waals surface area contributed by atoms with E-state index in [1.54, 1.807) is 6.20 Å². The molecule has 3 rings (SSSR count). The molecule has 9 N–H and O–H groups in total. The second-order valence-corrected chi connectivity index (χ2v) is 9.35. The van der Waals surface area contributed by atoms with Crippen molar-refractivity contribution >= 4 is 46.8 Å². The molecule has 15 heteroatoms. The normalized spacial score (nSPS) is 13.9. The second-order valence-electron chi connectivity index (χ2n) is 9.35. The van der Waals surface area contributed by atoms with Crippen LogP contribution < -0.4 is 21.7 Å². The van der Waals surface area contributed by atoms with Gasteiger partial charge in [-0.3, -0.25) is 24.0 Å². The number of H-pyrrole nitrogens is 2. The first-order valence-corrected chi connectivity index (χ1v) is 12.6. The summed E-state index contributed by atoms with van der Waals surface area (Å²) in [6.45, 7) is 0. The van der Waals surface area contributed by atoms with Crippen LogP contribution in [-0.2, 0) is 41.6 Å². The molecule has 0 aliphatic carbocycles. The number of carbonyl (C=O) groups excluding carboxylic acids is 4. The number of fused-ring (bicyclic) bond motifs is 1. The van der Waals surface area contributed by atoms with Crippen LogP contribution in [0.4, 0.5) is 0 Å². The fraction of sp³-hybridized carbons (Fsp3) is 0.346. The van der Waals surface area contributed by atoms with Gasteiger partial charge < -0.3 is 46.7 Å². The number of imidazole rings is 1. The lowest BCUT2D eigenvalue weighted by Gasteiger charge is -2.24. The molecule has 0 aliphatic heterocycles. The molecule has 3 amide bonds. The van der Waals surface area contributed by atoms with Gasteiger partial charge in [-0.2, -0.15) is 0 Å². The molecule has 0 fully saturated rings. The first kappa shape index (κ1) is 30.5. The van der Waals surface area contributed by atoms with Gasteiger partial charge in [-0.25, -0.2) is 4.98 Å². The van der Waals surface area contributed by atoms with Crippen LogP contribution >= 0.6 is 0 Å². The van der Waals surface area contributed by atoms with Crippen molar-refractivity contribution in [2.24, 2.45) is 5.73 Å². The number of aldehydes is 1. The van der Waals surface area contributed by atoms with Crippen molar-refractivity contribution in [1.82, 2.24) is 30.9 Å². The predicted octanol–water partition coefficient (Wildman–Crippen LogP) is -1.00. The lowest BCUT2D eigenvalue weighted by atomic mass is 10.0. The summed E-state index contributed by atoms with van der Waals surface area (Å²) < 4.78 is 0. The number of para-hydroxylation sites is 1. The van der Waals surface area contributed by atoms with E-state index >= 15 is 0 Å². The number of benzene rings is 1. The quantitative estimate of drug-likeness (QED) is 0.0976. The molecule has 0 bridgehead atoms. The van der Waals surface area contributed by atoms with Gasteiger partial charge in [0.1, 0.15) is 18.4 Å². The lowest BCUT2D eigenvalue weighted by molar-refractivity contribution is -0.140. The minimum Gasteiger partial charge on any atom is -0.481 e. The van der Waals surface area contributed by atoms with Gasteiger partial charge in [-0.15, -0.1) is 0 Å². The fourth-order valence-corrected chi connectivity index (χ4v) is 4.15. The monoisotopic (exact) mass is 569 g/mol. The summed E-state index contributed by atoms with van der Waals surface area (Å²) in [5, 5.41) is 26.2. The van der Waals surface area contributed by atoms with Gasteiger partial charge in [0, 0.05) is 41.8 Å². The van der Waals surface area contributed by atoms with Crippen LogP contribution in [0.3, 0.4) is 0 Å². The molecule has 0 radical (unpaired) electrons. The highest BCUT2D eigenvalue weighted by Gasteiger charge is 2.30. The van der Waals surface area contributed by atoms with E-state index < -0.39 is 66.7 Å². The van der Waals surface area contributed by atoms with Gasteiger partial charge in [-0.1, -0.05) is 18.2 Å². The molecule has 218 valence electrons. The average Bonchev–Trinajstić information content (AvgIpc) is 3.59. The third-order valence-corrected chi connectivity index (χ3v) is 6.23. The zero-order chi connectivity index (χ0) is 29.9. The number of aromatic nitrogens is 3. The van der Waals surface area contributed by atoms with Gasteiger partial charge in [0.15, 0.2) is 0 Å². The molecule has 0 spiro atoms. The Morgan fingerprint density at radius 1 is 0.927 bits per heavy atom. The number of nitrogens with two attached hydrogens (primary N) is 1. The zero-order valence-electron chi connectivity index (χ0n) is 21.8. The third kappa shape index (κ3) is 8.99. The molecule has 1 aromatic carbocycles. The maximum absolute atomic E-state index is 13.2. The summed E-state index contributed by atoms with van der Waals surface area (Å²) in [6.07, 6.45) is 3.27. The fourth-order valence-electron chi connectivity index (χ4n) is 4.15. The summed E-state index contributed by atoms with van der Waals surface area (Å²) >= 11 is 0. The van der Waals surface area contributed by atoms with Crippen molar-refractivity contribution in [3.8, 4) is 0 Å². The Balaban J connectivity index is 1.73. The Labute approximate surface area is 233 Å². The highest BCUT2D eigenvalue weighted by Crippen LogP contribution is 2.19. The molecule has 0 aliphatic rings. The third-order valence-electron chi connectivity index (χ3n) is 6.23. The Kier molecular flexibility index (Phi) is 10.7. The zero-order valence-corrected chi connectivity index (χ0v) is 21.8. The van der Waals surface area contributed by atoms with E-state index in [0.717, 1.165) is 16.5 Å². The van der Waals surface area contributed by atoms with Crippen molar-refractivity contribution in [1.29, 1.82) is 0 Å². The van der Waals surface area contributed by atoms with Crippen LogP contribution in [0.2, 0.25) is 0 Å². The number of carboxylic acids is 2. The topological polar surface area (TPSA) is 249 Å². The molecular formula is C26H31N7O8. The van der Waals surface area contributed by atoms with Gasteiger partial charge in [0.25, 0.3) is 0 Å². The minimum atomic E-state index is -1.37. The molecule has 15 nitrogen and oxygen atoms in total. The van der Waals surface area contributed by atoms with Crippen LogP contribution in [0.5, 0.6) is 0 Å². The van der Waals surface area contributed by atoms with Gasteiger partial charge >= 0.3 is 11.9 Å². The van der Waals surface area contributed by atoms with Crippen LogP contribution in [0.15, 0.2) is 43.0 Å². The Bertz CT molecular complexity index is 1390. The molecule has 0 unspecified atom stereocenters.